The monoisotopic (exact) mass is 423 g/mol. The summed E-state index contributed by atoms with van der Waals surface area (Å²) in [5.74, 6) is 1.18. The minimum Gasteiger partial charge on any atom is -0.493 e. The maximum Gasteiger partial charge on any atom is 0.239 e. The molecule has 0 saturated carbocycles. The third kappa shape index (κ3) is 7.01. The molecule has 0 aliphatic carbocycles. The summed E-state index contributed by atoms with van der Waals surface area (Å²) >= 11 is 0. The van der Waals surface area contributed by atoms with Crippen molar-refractivity contribution in [2.24, 2.45) is 5.73 Å². The van der Waals surface area contributed by atoms with Crippen LogP contribution in [-0.4, -0.2) is 63.4 Å². The normalized spacial score (nSPS) is 15.7. The second-order valence-electron chi connectivity index (χ2n) is 6.71. The van der Waals surface area contributed by atoms with Gasteiger partial charge in [0.15, 0.2) is 11.5 Å². The van der Waals surface area contributed by atoms with Crippen LogP contribution < -0.4 is 20.5 Å². The van der Waals surface area contributed by atoms with E-state index in [0.29, 0.717) is 31.3 Å². The summed E-state index contributed by atoms with van der Waals surface area (Å²) in [6, 6.07) is 5.85. The molecule has 7 nitrogen and oxygen atoms in total. The van der Waals surface area contributed by atoms with Crippen LogP contribution >= 0.6 is 24.8 Å². The van der Waals surface area contributed by atoms with Crippen molar-refractivity contribution in [3.8, 4) is 11.5 Å². The predicted octanol–water partition coefficient (Wildman–Crippen LogP) is 1.77. The molecule has 1 aliphatic rings. The Morgan fingerprint density at radius 2 is 1.81 bits per heavy atom. The number of hydrogen-bond donors (Lipinski definition) is 2. The lowest BCUT2D eigenvalue weighted by Crippen LogP contribution is -2.51. The highest BCUT2D eigenvalue weighted by Gasteiger charge is 2.27. The summed E-state index contributed by atoms with van der Waals surface area (Å²) in [6.45, 7) is 6.84. The molecule has 1 amide bonds. The molecule has 1 unspecified atom stereocenters. The minimum atomic E-state index is -0.910. The van der Waals surface area contributed by atoms with E-state index in [1.165, 1.54) is 0 Å². The van der Waals surface area contributed by atoms with Crippen molar-refractivity contribution in [2.45, 2.75) is 25.4 Å². The zero-order valence-corrected chi connectivity index (χ0v) is 18.0. The molecule has 1 aromatic carbocycles. The number of nitrogens with one attached hydrogen (secondary N) is 1. The summed E-state index contributed by atoms with van der Waals surface area (Å²) in [6.07, 6.45) is 0. The Bertz CT molecular complexity index is 590. The standard InChI is InChI=1S/C18H29N3O4.2ClH/c1-18(2,19)17(22)20-12-14(21-7-9-25-10-8-21)13-5-6-15(23-3)16(11-13)24-4;;/h5-6,11,14H,7-10,12,19H2,1-4H3,(H,20,22);2*1H. The summed E-state index contributed by atoms with van der Waals surface area (Å²) in [4.78, 5) is 14.5. The number of carbonyl (C=O) groups excluding carboxylic acids is 1. The SMILES string of the molecule is COc1ccc(C(CNC(=O)C(C)(C)N)N2CCOCC2)cc1OC.Cl.Cl. The van der Waals surface area contributed by atoms with Crippen molar-refractivity contribution in [3.63, 3.8) is 0 Å². The van der Waals surface area contributed by atoms with Crippen molar-refractivity contribution >= 4 is 30.7 Å². The molecule has 27 heavy (non-hydrogen) atoms. The molecule has 0 radical (unpaired) electrons. The largest absolute Gasteiger partial charge is 0.493 e. The maximum absolute atomic E-state index is 12.2. The van der Waals surface area contributed by atoms with Gasteiger partial charge in [0.2, 0.25) is 5.91 Å². The van der Waals surface area contributed by atoms with Crippen LogP contribution in [0.15, 0.2) is 18.2 Å². The molecule has 1 aliphatic heterocycles. The topological polar surface area (TPSA) is 86.0 Å². The molecule has 2 rings (SSSR count). The Morgan fingerprint density at radius 3 is 2.33 bits per heavy atom. The van der Waals surface area contributed by atoms with E-state index in [9.17, 15) is 4.79 Å². The average Bonchev–Trinajstić information content (AvgIpc) is 2.61. The van der Waals surface area contributed by atoms with Gasteiger partial charge in [-0.2, -0.15) is 0 Å². The lowest BCUT2D eigenvalue weighted by molar-refractivity contribution is -0.125. The fourth-order valence-electron chi connectivity index (χ4n) is 2.82. The second kappa shape index (κ2) is 11.6. The lowest BCUT2D eigenvalue weighted by Gasteiger charge is -2.35. The molecule has 1 saturated heterocycles. The number of ether oxygens (including phenoxy) is 3. The summed E-state index contributed by atoms with van der Waals surface area (Å²) in [5, 5.41) is 2.97. The minimum absolute atomic E-state index is 0. The van der Waals surface area contributed by atoms with Crippen LogP contribution in [0.1, 0.15) is 25.5 Å². The van der Waals surface area contributed by atoms with E-state index in [-0.39, 0.29) is 36.8 Å². The summed E-state index contributed by atoms with van der Waals surface area (Å²) in [7, 11) is 3.23. The van der Waals surface area contributed by atoms with Crippen LogP contribution in [0.2, 0.25) is 0 Å². The van der Waals surface area contributed by atoms with Crippen molar-refractivity contribution in [1.82, 2.24) is 10.2 Å². The molecule has 0 bridgehead atoms. The highest BCUT2D eigenvalue weighted by atomic mass is 35.5. The number of rotatable bonds is 7. The highest BCUT2D eigenvalue weighted by molar-refractivity contribution is 5.86. The van der Waals surface area contributed by atoms with E-state index in [0.717, 1.165) is 18.7 Å². The first-order valence-electron chi connectivity index (χ1n) is 8.47. The number of nitrogens with zero attached hydrogens (tertiary/aromatic N) is 1. The van der Waals surface area contributed by atoms with Gasteiger partial charge in [0, 0.05) is 19.6 Å². The van der Waals surface area contributed by atoms with Crippen LogP contribution in [0.25, 0.3) is 0 Å². The zero-order valence-electron chi connectivity index (χ0n) is 16.3. The molecule has 1 atom stereocenters. The van der Waals surface area contributed by atoms with Gasteiger partial charge in [-0.05, 0) is 31.5 Å². The fourth-order valence-corrected chi connectivity index (χ4v) is 2.82. The molecule has 0 spiro atoms. The Morgan fingerprint density at radius 1 is 1.22 bits per heavy atom. The first-order chi connectivity index (χ1) is 11.9. The smallest absolute Gasteiger partial charge is 0.239 e. The average molecular weight is 424 g/mol. The highest BCUT2D eigenvalue weighted by Crippen LogP contribution is 2.32. The fraction of sp³-hybridized carbons (Fsp3) is 0.611. The Balaban J connectivity index is 0.00000338. The van der Waals surface area contributed by atoms with Crippen LogP contribution in [0.3, 0.4) is 0 Å². The van der Waals surface area contributed by atoms with Gasteiger partial charge in [0.05, 0.1) is 39.0 Å². The quantitative estimate of drug-likeness (QED) is 0.694. The van der Waals surface area contributed by atoms with Gasteiger partial charge in [-0.25, -0.2) is 0 Å². The number of amides is 1. The number of nitrogens with two attached hydrogens (primary N) is 1. The van der Waals surface area contributed by atoms with E-state index >= 15 is 0 Å². The number of benzene rings is 1. The van der Waals surface area contributed by atoms with Crippen LogP contribution in [0.5, 0.6) is 11.5 Å². The Kier molecular flexibility index (Phi) is 11.0. The van der Waals surface area contributed by atoms with Crippen LogP contribution in [-0.2, 0) is 9.53 Å². The van der Waals surface area contributed by atoms with E-state index in [4.69, 9.17) is 19.9 Å². The van der Waals surface area contributed by atoms with E-state index < -0.39 is 5.54 Å². The lowest BCUT2D eigenvalue weighted by atomic mass is 10.0. The second-order valence-corrected chi connectivity index (χ2v) is 6.71. The van der Waals surface area contributed by atoms with Gasteiger partial charge in [0.25, 0.3) is 0 Å². The Hall–Kier alpha value is -1.25. The van der Waals surface area contributed by atoms with Crippen molar-refractivity contribution in [1.29, 1.82) is 0 Å². The van der Waals surface area contributed by atoms with E-state index in [2.05, 4.69) is 10.2 Å². The number of morpholine rings is 1. The third-order valence-corrected chi connectivity index (χ3v) is 4.32. The number of methoxy groups -OCH3 is 2. The molecule has 156 valence electrons. The molecule has 3 N–H and O–H groups in total. The van der Waals surface area contributed by atoms with Gasteiger partial charge in [-0.1, -0.05) is 6.07 Å². The molecule has 9 heteroatoms. The van der Waals surface area contributed by atoms with Crippen LogP contribution in [0.4, 0.5) is 0 Å². The number of carbonyl (C=O) groups is 1. The first-order valence-corrected chi connectivity index (χ1v) is 8.47. The van der Waals surface area contributed by atoms with Crippen molar-refractivity contribution in [2.75, 3.05) is 47.1 Å². The van der Waals surface area contributed by atoms with Gasteiger partial charge < -0.3 is 25.3 Å². The van der Waals surface area contributed by atoms with Gasteiger partial charge in [-0.15, -0.1) is 24.8 Å². The molecule has 1 aromatic rings. The van der Waals surface area contributed by atoms with Crippen molar-refractivity contribution < 1.29 is 19.0 Å². The molecular formula is C18H31Cl2N3O4. The summed E-state index contributed by atoms with van der Waals surface area (Å²) < 4.78 is 16.2. The number of halogens is 2. The van der Waals surface area contributed by atoms with E-state index in [1.807, 2.05) is 18.2 Å². The zero-order chi connectivity index (χ0) is 18.4. The molecule has 0 aromatic heterocycles. The summed E-state index contributed by atoms with van der Waals surface area (Å²) in [5.41, 5.74) is 6.02. The van der Waals surface area contributed by atoms with Gasteiger partial charge >= 0.3 is 0 Å². The van der Waals surface area contributed by atoms with Crippen LogP contribution in [0, 0.1) is 0 Å². The van der Waals surface area contributed by atoms with Gasteiger partial charge in [0.1, 0.15) is 0 Å². The Labute approximate surface area is 173 Å². The molecule has 1 heterocycles. The number of hydrogen-bond acceptors (Lipinski definition) is 6. The molecular weight excluding hydrogens is 393 g/mol. The van der Waals surface area contributed by atoms with E-state index in [1.54, 1.807) is 28.1 Å². The van der Waals surface area contributed by atoms with Crippen molar-refractivity contribution in [3.05, 3.63) is 23.8 Å². The first kappa shape index (κ1) is 25.8. The predicted molar refractivity (Wildman–Crippen MR) is 110 cm³/mol. The maximum atomic E-state index is 12.2. The van der Waals surface area contributed by atoms with Gasteiger partial charge in [-0.3, -0.25) is 9.69 Å². The molecule has 1 fully saturated rings. The third-order valence-electron chi connectivity index (χ3n) is 4.32.